The summed E-state index contributed by atoms with van der Waals surface area (Å²) in [6.45, 7) is 4.86. The molecule has 0 aliphatic carbocycles. The molecule has 1 unspecified atom stereocenters. The zero-order valence-corrected chi connectivity index (χ0v) is 14.0. The third kappa shape index (κ3) is 5.44. The molecule has 23 heavy (non-hydrogen) atoms. The van der Waals surface area contributed by atoms with Crippen molar-refractivity contribution in [2.45, 2.75) is 26.7 Å². The van der Waals surface area contributed by atoms with E-state index in [2.05, 4.69) is 31.3 Å². The first kappa shape index (κ1) is 17.1. The number of nitrogens with one attached hydrogen (secondary N) is 1. The molecule has 0 aliphatic heterocycles. The predicted molar refractivity (Wildman–Crippen MR) is 96.0 cm³/mol. The van der Waals surface area contributed by atoms with Crippen LogP contribution in [0.2, 0.25) is 0 Å². The molecule has 2 aromatic carbocycles. The van der Waals surface area contributed by atoms with Crippen LogP contribution in [0, 0.1) is 11.8 Å². The maximum absolute atomic E-state index is 12.5. The quantitative estimate of drug-likeness (QED) is 0.770. The number of hydrogen-bond donors (Lipinski definition) is 2. The number of benzene rings is 2. The molecule has 0 saturated heterocycles. The van der Waals surface area contributed by atoms with Crippen LogP contribution in [0.15, 0.2) is 54.6 Å². The van der Waals surface area contributed by atoms with E-state index < -0.39 is 0 Å². The summed E-state index contributed by atoms with van der Waals surface area (Å²) < 4.78 is 0. The maximum Gasteiger partial charge on any atom is 0.223 e. The number of carbonyl (C=O) groups is 1. The van der Waals surface area contributed by atoms with Gasteiger partial charge in [-0.3, -0.25) is 4.79 Å². The van der Waals surface area contributed by atoms with Crippen LogP contribution >= 0.6 is 0 Å². The molecule has 0 saturated carbocycles. The highest BCUT2D eigenvalue weighted by atomic mass is 16.1. The molecule has 0 fully saturated rings. The lowest BCUT2D eigenvalue weighted by molar-refractivity contribution is -0.126. The molecule has 0 spiro atoms. The molecule has 3 N–H and O–H groups in total. The predicted octanol–water partition coefficient (Wildman–Crippen LogP) is 3.44. The summed E-state index contributed by atoms with van der Waals surface area (Å²) in [5, 5.41) is 3.08. The van der Waals surface area contributed by atoms with Gasteiger partial charge in [0.15, 0.2) is 0 Å². The summed E-state index contributed by atoms with van der Waals surface area (Å²) in [7, 11) is 0. The van der Waals surface area contributed by atoms with Gasteiger partial charge < -0.3 is 11.1 Å². The van der Waals surface area contributed by atoms with E-state index in [1.807, 2.05) is 42.5 Å². The third-order valence-corrected chi connectivity index (χ3v) is 4.13. The van der Waals surface area contributed by atoms with Gasteiger partial charge >= 0.3 is 0 Å². The van der Waals surface area contributed by atoms with Crippen LogP contribution < -0.4 is 11.1 Å². The molecular formula is C20H26N2O. The van der Waals surface area contributed by atoms with Crippen molar-refractivity contribution in [1.29, 1.82) is 0 Å². The molecule has 3 heteroatoms. The van der Waals surface area contributed by atoms with Crippen LogP contribution in [0.4, 0.5) is 5.69 Å². The van der Waals surface area contributed by atoms with Gasteiger partial charge in [-0.2, -0.15) is 0 Å². The van der Waals surface area contributed by atoms with Crippen molar-refractivity contribution >= 4 is 11.6 Å². The fourth-order valence-corrected chi connectivity index (χ4v) is 2.64. The summed E-state index contributed by atoms with van der Waals surface area (Å²) in [6, 6.07) is 18.0. The molecule has 0 aromatic heterocycles. The summed E-state index contributed by atoms with van der Waals surface area (Å²) in [5.74, 6) is 0.454. The van der Waals surface area contributed by atoms with Gasteiger partial charge in [-0.05, 0) is 42.0 Å². The Hall–Kier alpha value is -2.29. The second-order valence-electron chi connectivity index (χ2n) is 6.32. The van der Waals surface area contributed by atoms with Crippen molar-refractivity contribution in [2.24, 2.45) is 11.8 Å². The fraction of sp³-hybridized carbons (Fsp3) is 0.350. The van der Waals surface area contributed by atoms with Crippen LogP contribution in [0.5, 0.6) is 0 Å². The highest BCUT2D eigenvalue weighted by molar-refractivity contribution is 5.79. The summed E-state index contributed by atoms with van der Waals surface area (Å²) >= 11 is 0. The van der Waals surface area contributed by atoms with E-state index in [1.54, 1.807) is 0 Å². The molecule has 1 amide bonds. The number of hydrogen-bond acceptors (Lipinski definition) is 2. The minimum Gasteiger partial charge on any atom is -0.399 e. The number of anilines is 1. The SMILES string of the molecule is CC(C)C(Cc1ccccc1)C(=O)NCCc1ccc(N)cc1. The maximum atomic E-state index is 12.5. The van der Waals surface area contributed by atoms with E-state index in [0.29, 0.717) is 12.5 Å². The molecule has 0 heterocycles. The smallest absolute Gasteiger partial charge is 0.223 e. The average molecular weight is 310 g/mol. The fourth-order valence-electron chi connectivity index (χ4n) is 2.64. The highest BCUT2D eigenvalue weighted by Crippen LogP contribution is 2.17. The summed E-state index contributed by atoms with van der Waals surface area (Å²) in [5.41, 5.74) is 8.84. The lowest BCUT2D eigenvalue weighted by Gasteiger charge is -2.20. The van der Waals surface area contributed by atoms with Gasteiger partial charge in [0.1, 0.15) is 0 Å². The Morgan fingerprint density at radius 1 is 1.00 bits per heavy atom. The van der Waals surface area contributed by atoms with E-state index >= 15 is 0 Å². The Kier molecular flexibility index (Phi) is 6.21. The Morgan fingerprint density at radius 2 is 1.65 bits per heavy atom. The Labute approximate surface area is 138 Å². The van der Waals surface area contributed by atoms with Gasteiger partial charge in [0.2, 0.25) is 5.91 Å². The van der Waals surface area contributed by atoms with Gasteiger partial charge in [0.25, 0.3) is 0 Å². The summed E-state index contributed by atoms with van der Waals surface area (Å²) in [4.78, 5) is 12.5. The highest BCUT2D eigenvalue weighted by Gasteiger charge is 2.22. The number of nitrogen functional groups attached to an aromatic ring is 1. The minimum atomic E-state index is 0.00354. The molecule has 1 atom stereocenters. The minimum absolute atomic E-state index is 0.00354. The molecule has 0 aliphatic rings. The first-order valence-corrected chi connectivity index (χ1v) is 8.22. The summed E-state index contributed by atoms with van der Waals surface area (Å²) in [6.07, 6.45) is 1.61. The van der Waals surface area contributed by atoms with Gasteiger partial charge in [-0.1, -0.05) is 56.3 Å². The van der Waals surface area contributed by atoms with Gasteiger partial charge in [-0.25, -0.2) is 0 Å². The van der Waals surface area contributed by atoms with E-state index in [-0.39, 0.29) is 11.8 Å². The molecule has 2 rings (SSSR count). The first-order chi connectivity index (χ1) is 11.1. The second kappa shape index (κ2) is 8.37. The number of carbonyl (C=O) groups excluding carboxylic acids is 1. The Morgan fingerprint density at radius 3 is 2.26 bits per heavy atom. The molecule has 0 bridgehead atoms. The molecule has 122 valence electrons. The molecule has 3 nitrogen and oxygen atoms in total. The molecular weight excluding hydrogens is 284 g/mol. The lowest BCUT2D eigenvalue weighted by Crippen LogP contribution is -2.36. The Bertz CT molecular complexity index is 605. The second-order valence-corrected chi connectivity index (χ2v) is 6.32. The zero-order chi connectivity index (χ0) is 16.7. The van der Waals surface area contributed by atoms with E-state index in [0.717, 1.165) is 18.5 Å². The largest absolute Gasteiger partial charge is 0.399 e. The van der Waals surface area contributed by atoms with Crippen LogP contribution in [-0.4, -0.2) is 12.5 Å². The normalized spacial score (nSPS) is 12.1. The van der Waals surface area contributed by atoms with Crippen molar-refractivity contribution < 1.29 is 4.79 Å². The van der Waals surface area contributed by atoms with Crippen molar-refractivity contribution in [3.05, 3.63) is 65.7 Å². The van der Waals surface area contributed by atoms with Crippen molar-refractivity contribution in [3.8, 4) is 0 Å². The molecule has 2 aromatic rings. The number of amides is 1. The topological polar surface area (TPSA) is 55.1 Å². The van der Waals surface area contributed by atoms with Gasteiger partial charge in [-0.15, -0.1) is 0 Å². The third-order valence-electron chi connectivity index (χ3n) is 4.13. The van der Waals surface area contributed by atoms with Crippen molar-refractivity contribution in [2.75, 3.05) is 12.3 Å². The average Bonchev–Trinajstić information content (AvgIpc) is 2.55. The van der Waals surface area contributed by atoms with Crippen molar-refractivity contribution in [3.63, 3.8) is 0 Å². The van der Waals surface area contributed by atoms with Crippen molar-refractivity contribution in [1.82, 2.24) is 5.32 Å². The number of rotatable bonds is 7. The van der Waals surface area contributed by atoms with Crippen LogP contribution in [0.25, 0.3) is 0 Å². The number of nitrogens with two attached hydrogens (primary N) is 1. The van der Waals surface area contributed by atoms with Crippen LogP contribution in [-0.2, 0) is 17.6 Å². The van der Waals surface area contributed by atoms with Gasteiger partial charge in [0.05, 0.1) is 0 Å². The Balaban J connectivity index is 1.87. The van der Waals surface area contributed by atoms with E-state index in [9.17, 15) is 4.79 Å². The van der Waals surface area contributed by atoms with E-state index in [1.165, 1.54) is 11.1 Å². The van der Waals surface area contributed by atoms with Crippen LogP contribution in [0.1, 0.15) is 25.0 Å². The zero-order valence-electron chi connectivity index (χ0n) is 14.0. The molecule has 0 radical (unpaired) electrons. The van der Waals surface area contributed by atoms with E-state index in [4.69, 9.17) is 5.73 Å². The van der Waals surface area contributed by atoms with Gasteiger partial charge in [0, 0.05) is 18.2 Å². The monoisotopic (exact) mass is 310 g/mol. The lowest BCUT2D eigenvalue weighted by atomic mass is 9.88. The standard InChI is InChI=1S/C20H26N2O/c1-15(2)19(14-17-6-4-3-5-7-17)20(23)22-13-12-16-8-10-18(21)11-9-16/h3-11,15,19H,12-14,21H2,1-2H3,(H,22,23). The first-order valence-electron chi connectivity index (χ1n) is 8.22. The van der Waals surface area contributed by atoms with Crippen LogP contribution in [0.3, 0.4) is 0 Å².